The van der Waals surface area contributed by atoms with Crippen molar-refractivity contribution < 1.29 is 19.3 Å². The minimum Gasteiger partial charge on any atom is -0.506 e. The van der Waals surface area contributed by atoms with Gasteiger partial charge in [0.1, 0.15) is 10.2 Å². The highest BCUT2D eigenvalue weighted by Gasteiger charge is 2.20. The second kappa shape index (κ2) is 4.78. The molecule has 0 heterocycles. The molecule has 4 nitrogen and oxygen atoms in total. The zero-order chi connectivity index (χ0) is 11.6. The first-order valence-corrected chi connectivity index (χ1v) is 4.93. The molecule has 1 unspecified atom stereocenters. The Morgan fingerprint density at radius 3 is 2.73 bits per heavy atom. The smallest absolute Gasteiger partial charge is 0.172 e. The predicted octanol–water partition coefficient (Wildman–Crippen LogP) is 1.29. The highest BCUT2D eigenvalue weighted by Crippen LogP contribution is 2.40. The monoisotopic (exact) mass is 279 g/mol. The molecule has 4 N–H and O–H groups in total. The van der Waals surface area contributed by atoms with Gasteiger partial charge in [0.05, 0.1) is 19.8 Å². The van der Waals surface area contributed by atoms with Crippen LogP contribution in [-0.4, -0.2) is 23.9 Å². The van der Waals surface area contributed by atoms with Crippen LogP contribution in [0.15, 0.2) is 10.5 Å². The highest BCUT2D eigenvalue weighted by molar-refractivity contribution is 9.10. The molecule has 1 atom stereocenters. The molecule has 15 heavy (non-hydrogen) atoms. The van der Waals surface area contributed by atoms with Crippen molar-refractivity contribution in [3.05, 3.63) is 21.9 Å². The molecule has 0 saturated heterocycles. The summed E-state index contributed by atoms with van der Waals surface area (Å²) in [7, 11) is 1.29. The number of aromatic hydroxyl groups is 1. The normalized spacial score (nSPS) is 12.6. The van der Waals surface area contributed by atoms with Crippen LogP contribution in [0, 0.1) is 5.82 Å². The number of nitrogens with two attached hydrogens (primary N) is 1. The Morgan fingerprint density at radius 1 is 1.67 bits per heavy atom. The van der Waals surface area contributed by atoms with Crippen molar-refractivity contribution in [2.24, 2.45) is 5.73 Å². The van der Waals surface area contributed by atoms with Gasteiger partial charge < -0.3 is 20.7 Å². The number of benzene rings is 1. The van der Waals surface area contributed by atoms with Gasteiger partial charge in [-0.05, 0) is 22.0 Å². The quantitative estimate of drug-likeness (QED) is 0.780. The highest BCUT2D eigenvalue weighted by atomic mass is 79.9. The fraction of sp³-hybridized carbons (Fsp3) is 0.333. The molecule has 1 rings (SSSR count). The first kappa shape index (κ1) is 12.2. The molecule has 0 bridgehead atoms. The average Bonchev–Trinajstić information content (AvgIpc) is 2.23. The minimum atomic E-state index is -0.832. The van der Waals surface area contributed by atoms with E-state index in [4.69, 9.17) is 15.6 Å². The summed E-state index contributed by atoms with van der Waals surface area (Å²) in [6.07, 6.45) is 0. The van der Waals surface area contributed by atoms with E-state index < -0.39 is 11.9 Å². The first-order valence-electron chi connectivity index (χ1n) is 4.14. The first-order chi connectivity index (χ1) is 7.02. The predicted molar refractivity (Wildman–Crippen MR) is 56.3 cm³/mol. The van der Waals surface area contributed by atoms with Crippen LogP contribution in [0.3, 0.4) is 0 Å². The van der Waals surface area contributed by atoms with E-state index in [1.165, 1.54) is 7.11 Å². The lowest BCUT2D eigenvalue weighted by atomic mass is 10.1. The molecule has 0 aliphatic heterocycles. The van der Waals surface area contributed by atoms with E-state index in [9.17, 15) is 9.50 Å². The van der Waals surface area contributed by atoms with Gasteiger partial charge in [0.2, 0.25) is 0 Å². The van der Waals surface area contributed by atoms with Crippen molar-refractivity contribution in [1.29, 1.82) is 0 Å². The third-order valence-corrected chi connectivity index (χ3v) is 2.72. The SMILES string of the molecule is COc1c(F)cc(C(N)CO)c(O)c1Br. The molecule has 6 heteroatoms. The second-order valence-corrected chi connectivity index (χ2v) is 3.73. The Morgan fingerprint density at radius 2 is 2.27 bits per heavy atom. The minimum absolute atomic E-state index is 0.0869. The van der Waals surface area contributed by atoms with Gasteiger partial charge >= 0.3 is 0 Å². The van der Waals surface area contributed by atoms with Gasteiger partial charge in [0.15, 0.2) is 11.6 Å². The molecule has 1 aromatic carbocycles. The summed E-state index contributed by atoms with van der Waals surface area (Å²) in [5.74, 6) is -0.975. The van der Waals surface area contributed by atoms with E-state index in [0.717, 1.165) is 6.07 Å². The van der Waals surface area contributed by atoms with E-state index in [-0.39, 0.29) is 28.1 Å². The van der Waals surface area contributed by atoms with Gasteiger partial charge in [-0.15, -0.1) is 0 Å². The van der Waals surface area contributed by atoms with Crippen molar-refractivity contribution in [2.75, 3.05) is 13.7 Å². The van der Waals surface area contributed by atoms with Gasteiger partial charge in [0.25, 0.3) is 0 Å². The molecule has 0 spiro atoms. The Hall–Kier alpha value is -0.850. The second-order valence-electron chi connectivity index (χ2n) is 2.93. The molecular formula is C9H11BrFNO3. The fourth-order valence-electron chi connectivity index (χ4n) is 1.18. The molecule has 0 amide bonds. The fourth-order valence-corrected chi connectivity index (χ4v) is 1.76. The molecule has 0 radical (unpaired) electrons. The summed E-state index contributed by atoms with van der Waals surface area (Å²) in [5, 5.41) is 18.5. The lowest BCUT2D eigenvalue weighted by molar-refractivity contribution is 0.264. The number of halogens is 2. The van der Waals surface area contributed by atoms with Crippen molar-refractivity contribution >= 4 is 15.9 Å². The van der Waals surface area contributed by atoms with Crippen molar-refractivity contribution in [2.45, 2.75) is 6.04 Å². The van der Waals surface area contributed by atoms with Crippen molar-refractivity contribution in [1.82, 2.24) is 0 Å². The van der Waals surface area contributed by atoms with Gasteiger partial charge in [0, 0.05) is 5.56 Å². The Kier molecular flexibility index (Phi) is 3.90. The number of hydrogen-bond acceptors (Lipinski definition) is 4. The topological polar surface area (TPSA) is 75.7 Å². The average molecular weight is 280 g/mol. The third kappa shape index (κ3) is 2.22. The van der Waals surface area contributed by atoms with Crippen LogP contribution in [0.25, 0.3) is 0 Å². The molecule has 0 aromatic heterocycles. The van der Waals surface area contributed by atoms with E-state index >= 15 is 0 Å². The maximum absolute atomic E-state index is 13.4. The van der Waals surface area contributed by atoms with Crippen molar-refractivity contribution in [3.63, 3.8) is 0 Å². The third-order valence-electron chi connectivity index (χ3n) is 1.98. The summed E-state index contributed by atoms with van der Waals surface area (Å²) in [5.41, 5.74) is 5.61. The zero-order valence-electron chi connectivity index (χ0n) is 8.00. The zero-order valence-corrected chi connectivity index (χ0v) is 9.58. The summed E-state index contributed by atoms with van der Waals surface area (Å²) < 4.78 is 18.2. The molecule has 0 aliphatic carbocycles. The Balaban J connectivity index is 3.33. The van der Waals surface area contributed by atoms with Gasteiger partial charge in [-0.25, -0.2) is 4.39 Å². The van der Waals surface area contributed by atoms with Crippen LogP contribution < -0.4 is 10.5 Å². The number of phenols is 1. The largest absolute Gasteiger partial charge is 0.506 e. The number of ether oxygens (including phenoxy) is 1. The maximum atomic E-state index is 13.4. The van der Waals surface area contributed by atoms with Gasteiger partial charge in [-0.3, -0.25) is 0 Å². The van der Waals surface area contributed by atoms with E-state index in [1.54, 1.807) is 0 Å². The van der Waals surface area contributed by atoms with E-state index in [2.05, 4.69) is 15.9 Å². The Bertz CT molecular complexity index is 373. The molecule has 84 valence electrons. The van der Waals surface area contributed by atoms with Crippen LogP contribution in [0.4, 0.5) is 4.39 Å². The number of hydrogen-bond donors (Lipinski definition) is 3. The van der Waals surface area contributed by atoms with Crippen LogP contribution in [0.1, 0.15) is 11.6 Å². The Labute approximate surface area is 94.6 Å². The van der Waals surface area contributed by atoms with Crippen LogP contribution >= 0.6 is 15.9 Å². The molecular weight excluding hydrogens is 269 g/mol. The van der Waals surface area contributed by atoms with Gasteiger partial charge in [-0.1, -0.05) is 0 Å². The summed E-state index contributed by atoms with van der Waals surface area (Å²) in [6, 6.07) is 0.210. The number of aliphatic hydroxyl groups is 1. The summed E-state index contributed by atoms with van der Waals surface area (Å²) in [4.78, 5) is 0. The maximum Gasteiger partial charge on any atom is 0.172 e. The number of phenolic OH excluding ortho intramolecular Hbond substituents is 1. The van der Waals surface area contributed by atoms with E-state index in [1.807, 2.05) is 0 Å². The van der Waals surface area contributed by atoms with Crippen LogP contribution in [0.2, 0.25) is 0 Å². The number of rotatable bonds is 3. The number of aliphatic hydroxyl groups excluding tert-OH is 1. The summed E-state index contributed by atoms with van der Waals surface area (Å²) in [6.45, 7) is -0.383. The lowest BCUT2D eigenvalue weighted by Crippen LogP contribution is -2.15. The van der Waals surface area contributed by atoms with Crippen molar-refractivity contribution in [3.8, 4) is 11.5 Å². The molecule has 0 fully saturated rings. The lowest BCUT2D eigenvalue weighted by Gasteiger charge is -2.14. The molecule has 0 saturated carbocycles. The summed E-state index contributed by atoms with van der Waals surface area (Å²) >= 11 is 2.99. The molecule has 1 aromatic rings. The van der Waals surface area contributed by atoms with E-state index in [0.29, 0.717) is 0 Å². The number of methoxy groups -OCH3 is 1. The van der Waals surface area contributed by atoms with Crippen LogP contribution in [0.5, 0.6) is 11.5 Å². The standard InChI is InChI=1S/C9H11BrFNO3/c1-15-9-5(11)2-4(6(12)3-13)8(14)7(9)10/h2,6,13-14H,3,12H2,1H3. The molecule has 0 aliphatic rings. The van der Waals surface area contributed by atoms with Gasteiger partial charge in [-0.2, -0.15) is 0 Å². The van der Waals surface area contributed by atoms with Crippen LogP contribution in [-0.2, 0) is 0 Å².